The first kappa shape index (κ1) is 28.6. The number of rotatable bonds is 6. The standard InChI is InChI=1S/C42H31BrN2S/c1-28-17-21-32(22-18-28)44(39-14-7-10-30-9-3-4-11-36(30)39)34-25-31(43)26-35(27-34)45(33-23-19-29(2)20-24-33)40-15-8-13-38-37-12-5-6-16-41(37)46-42(38)40/h3-27H,1-2H3. The first-order valence-corrected chi connectivity index (χ1v) is 17.1. The fourth-order valence-corrected chi connectivity index (χ4v) is 8.05. The molecule has 222 valence electrons. The van der Waals surface area contributed by atoms with Crippen molar-refractivity contribution in [1.82, 2.24) is 0 Å². The van der Waals surface area contributed by atoms with E-state index in [-0.39, 0.29) is 0 Å². The molecule has 8 aromatic rings. The summed E-state index contributed by atoms with van der Waals surface area (Å²) in [5.41, 5.74) is 9.16. The molecule has 0 aliphatic carbocycles. The van der Waals surface area contributed by atoms with E-state index in [1.54, 1.807) is 0 Å². The molecule has 8 rings (SSSR count). The van der Waals surface area contributed by atoms with Gasteiger partial charge in [0.2, 0.25) is 0 Å². The maximum Gasteiger partial charge on any atom is 0.0640 e. The Kier molecular flexibility index (Phi) is 7.32. The summed E-state index contributed by atoms with van der Waals surface area (Å²) in [6.45, 7) is 4.28. The molecule has 0 aliphatic rings. The van der Waals surface area contributed by atoms with E-state index >= 15 is 0 Å². The average molecular weight is 676 g/mol. The van der Waals surface area contributed by atoms with Crippen molar-refractivity contribution in [3.8, 4) is 0 Å². The molecule has 0 bridgehead atoms. The highest BCUT2D eigenvalue weighted by Gasteiger charge is 2.22. The number of anilines is 6. The fourth-order valence-electron chi connectivity index (χ4n) is 6.37. The first-order valence-electron chi connectivity index (χ1n) is 15.5. The van der Waals surface area contributed by atoms with Crippen LogP contribution in [0, 0.1) is 13.8 Å². The molecular weight excluding hydrogens is 644 g/mol. The zero-order valence-electron chi connectivity index (χ0n) is 25.6. The van der Waals surface area contributed by atoms with Crippen LogP contribution < -0.4 is 9.80 Å². The largest absolute Gasteiger partial charge is 0.310 e. The van der Waals surface area contributed by atoms with Crippen molar-refractivity contribution in [1.29, 1.82) is 0 Å². The third-order valence-corrected chi connectivity index (χ3v) is 10.3. The zero-order valence-corrected chi connectivity index (χ0v) is 28.0. The molecule has 4 heteroatoms. The van der Waals surface area contributed by atoms with Gasteiger partial charge < -0.3 is 9.80 Å². The Morgan fingerprint density at radius 2 is 0.978 bits per heavy atom. The van der Waals surface area contributed by atoms with Gasteiger partial charge in [-0.05, 0) is 79.9 Å². The smallest absolute Gasteiger partial charge is 0.0640 e. The molecule has 1 heterocycles. The van der Waals surface area contributed by atoms with E-state index in [2.05, 4.69) is 191 Å². The predicted octanol–water partition coefficient (Wildman–Crippen LogP) is 13.5. The SMILES string of the molecule is Cc1ccc(N(c2cc(Br)cc(N(c3ccc(C)cc3)c3cccc4c3sc3ccccc34)c2)c2cccc3ccccc23)cc1. The van der Waals surface area contributed by atoms with Crippen molar-refractivity contribution >= 4 is 92.3 Å². The van der Waals surface area contributed by atoms with E-state index < -0.39 is 0 Å². The van der Waals surface area contributed by atoms with Crippen molar-refractivity contribution in [2.24, 2.45) is 0 Å². The number of benzene rings is 7. The van der Waals surface area contributed by atoms with E-state index in [9.17, 15) is 0 Å². The maximum absolute atomic E-state index is 3.94. The van der Waals surface area contributed by atoms with E-state index in [0.29, 0.717) is 0 Å². The van der Waals surface area contributed by atoms with Crippen LogP contribution in [0.5, 0.6) is 0 Å². The first-order chi connectivity index (χ1) is 22.5. The third-order valence-electron chi connectivity index (χ3n) is 8.60. The van der Waals surface area contributed by atoms with E-state index in [4.69, 9.17) is 0 Å². The van der Waals surface area contributed by atoms with Gasteiger partial charge in [-0.2, -0.15) is 0 Å². The van der Waals surface area contributed by atoms with Crippen LogP contribution in [0.4, 0.5) is 34.1 Å². The quantitative estimate of drug-likeness (QED) is 0.173. The summed E-state index contributed by atoms with van der Waals surface area (Å²) in [5.74, 6) is 0. The highest BCUT2D eigenvalue weighted by atomic mass is 79.9. The Balaban J connectivity index is 1.38. The van der Waals surface area contributed by atoms with Gasteiger partial charge in [0, 0.05) is 48.1 Å². The highest BCUT2D eigenvalue weighted by molar-refractivity contribution is 9.10. The average Bonchev–Trinajstić information content (AvgIpc) is 3.46. The van der Waals surface area contributed by atoms with Gasteiger partial charge in [0.1, 0.15) is 0 Å². The Morgan fingerprint density at radius 3 is 1.67 bits per heavy atom. The summed E-state index contributed by atoms with van der Waals surface area (Å²) in [5, 5.41) is 5.00. The van der Waals surface area contributed by atoms with Gasteiger partial charge in [0.05, 0.1) is 16.1 Å². The lowest BCUT2D eigenvalue weighted by Crippen LogP contribution is -2.14. The Bertz CT molecular complexity index is 2350. The summed E-state index contributed by atoms with van der Waals surface area (Å²) in [6, 6.07) is 55.0. The number of halogens is 1. The van der Waals surface area contributed by atoms with Crippen LogP contribution in [0.25, 0.3) is 30.9 Å². The van der Waals surface area contributed by atoms with Crippen molar-refractivity contribution < 1.29 is 0 Å². The molecule has 7 aromatic carbocycles. The van der Waals surface area contributed by atoms with Gasteiger partial charge in [-0.25, -0.2) is 0 Å². The number of hydrogen-bond acceptors (Lipinski definition) is 3. The molecule has 0 radical (unpaired) electrons. The molecule has 1 aromatic heterocycles. The molecule has 46 heavy (non-hydrogen) atoms. The van der Waals surface area contributed by atoms with Crippen LogP contribution in [0.15, 0.2) is 156 Å². The minimum atomic E-state index is 1.01. The molecule has 0 saturated heterocycles. The minimum Gasteiger partial charge on any atom is -0.310 e. The van der Waals surface area contributed by atoms with Crippen LogP contribution in [0.2, 0.25) is 0 Å². The van der Waals surface area contributed by atoms with Gasteiger partial charge in [-0.3, -0.25) is 0 Å². The predicted molar refractivity (Wildman–Crippen MR) is 203 cm³/mol. The van der Waals surface area contributed by atoms with Gasteiger partial charge in [0.25, 0.3) is 0 Å². The summed E-state index contributed by atoms with van der Waals surface area (Å²) in [4.78, 5) is 4.78. The van der Waals surface area contributed by atoms with E-state index in [1.165, 1.54) is 47.8 Å². The normalized spacial score (nSPS) is 11.4. The second-order valence-corrected chi connectivity index (χ2v) is 13.7. The van der Waals surface area contributed by atoms with Gasteiger partial charge in [0.15, 0.2) is 0 Å². The van der Waals surface area contributed by atoms with E-state index in [0.717, 1.165) is 32.9 Å². The van der Waals surface area contributed by atoms with Crippen LogP contribution in [-0.2, 0) is 0 Å². The molecule has 0 spiro atoms. The van der Waals surface area contributed by atoms with Gasteiger partial charge >= 0.3 is 0 Å². The third kappa shape index (κ3) is 5.14. The summed E-state index contributed by atoms with van der Waals surface area (Å²) in [6.07, 6.45) is 0. The molecule has 0 atom stereocenters. The van der Waals surface area contributed by atoms with Crippen LogP contribution in [0.3, 0.4) is 0 Å². The maximum atomic E-state index is 3.94. The second kappa shape index (κ2) is 11.8. The van der Waals surface area contributed by atoms with Gasteiger partial charge in [-0.15, -0.1) is 11.3 Å². The summed E-state index contributed by atoms with van der Waals surface area (Å²) in [7, 11) is 0. The molecule has 0 saturated carbocycles. The second-order valence-electron chi connectivity index (χ2n) is 11.8. The van der Waals surface area contributed by atoms with Crippen molar-refractivity contribution in [2.45, 2.75) is 13.8 Å². The lowest BCUT2D eigenvalue weighted by molar-refractivity contribution is 1.25. The molecule has 0 aliphatic heterocycles. The van der Waals surface area contributed by atoms with E-state index in [1.807, 2.05) is 11.3 Å². The van der Waals surface area contributed by atoms with Crippen molar-refractivity contribution in [3.63, 3.8) is 0 Å². The Morgan fingerprint density at radius 1 is 0.457 bits per heavy atom. The number of aryl methyl sites for hydroxylation is 2. The number of nitrogens with zero attached hydrogens (tertiary/aromatic N) is 2. The Labute approximate surface area is 281 Å². The van der Waals surface area contributed by atoms with Crippen LogP contribution in [0.1, 0.15) is 11.1 Å². The van der Waals surface area contributed by atoms with Crippen molar-refractivity contribution in [2.75, 3.05) is 9.80 Å². The number of thiophene rings is 1. The molecule has 2 nitrogen and oxygen atoms in total. The molecule has 0 unspecified atom stereocenters. The molecule has 0 N–H and O–H groups in total. The minimum absolute atomic E-state index is 1.01. The Hall–Kier alpha value is -4.90. The number of hydrogen-bond donors (Lipinski definition) is 0. The monoisotopic (exact) mass is 674 g/mol. The highest BCUT2D eigenvalue weighted by Crippen LogP contribution is 2.47. The summed E-state index contributed by atoms with van der Waals surface area (Å²) >= 11 is 5.80. The fraction of sp³-hybridized carbons (Fsp3) is 0.0476. The zero-order chi connectivity index (χ0) is 31.2. The van der Waals surface area contributed by atoms with Gasteiger partial charge in [-0.1, -0.05) is 118 Å². The number of fused-ring (bicyclic) bond motifs is 4. The van der Waals surface area contributed by atoms with Crippen LogP contribution >= 0.6 is 27.3 Å². The molecule has 0 fully saturated rings. The van der Waals surface area contributed by atoms with Crippen molar-refractivity contribution in [3.05, 3.63) is 167 Å². The van der Waals surface area contributed by atoms with Crippen LogP contribution in [-0.4, -0.2) is 0 Å². The lowest BCUT2D eigenvalue weighted by Gasteiger charge is -2.30. The topological polar surface area (TPSA) is 6.48 Å². The summed E-state index contributed by atoms with van der Waals surface area (Å²) < 4.78 is 3.58. The molecular formula is C42H31BrN2S. The lowest BCUT2D eigenvalue weighted by atomic mass is 10.1. The molecule has 0 amide bonds.